The van der Waals surface area contributed by atoms with Gasteiger partial charge in [0.25, 0.3) is 0 Å². The first kappa shape index (κ1) is 94.1. The second kappa shape index (κ2) is 68.8. The zero-order chi connectivity index (χ0) is 70.7. The van der Waals surface area contributed by atoms with E-state index in [4.69, 9.17) is 37.0 Å². The third-order valence-electron chi connectivity index (χ3n) is 18.0. The van der Waals surface area contributed by atoms with Crippen LogP contribution in [0, 0.1) is 11.8 Å². The molecule has 0 aliphatic carbocycles. The molecule has 5 atom stereocenters. The Morgan fingerprint density at radius 2 is 0.479 bits per heavy atom. The van der Waals surface area contributed by atoms with E-state index >= 15 is 0 Å². The fourth-order valence-electron chi connectivity index (χ4n) is 11.8. The number of carbonyl (C=O) groups excluding carboxylic acids is 4. The van der Waals surface area contributed by atoms with Crippen LogP contribution in [0.25, 0.3) is 0 Å². The number of aliphatic hydroxyl groups excluding tert-OH is 1. The van der Waals surface area contributed by atoms with Crippen molar-refractivity contribution >= 4 is 39.5 Å². The summed E-state index contributed by atoms with van der Waals surface area (Å²) >= 11 is 0. The molecule has 0 saturated carbocycles. The monoisotopic (exact) mass is 1410 g/mol. The van der Waals surface area contributed by atoms with Crippen molar-refractivity contribution in [2.24, 2.45) is 11.8 Å². The molecule has 0 aromatic heterocycles. The minimum Gasteiger partial charge on any atom is -0.462 e. The number of hydrogen-bond acceptors (Lipinski definition) is 15. The Labute approximate surface area is 588 Å². The smallest absolute Gasteiger partial charge is 0.462 e. The summed E-state index contributed by atoms with van der Waals surface area (Å²) in [5, 5.41) is 10.6. The van der Waals surface area contributed by atoms with Crippen LogP contribution in [0.5, 0.6) is 0 Å². The van der Waals surface area contributed by atoms with Crippen LogP contribution in [0.2, 0.25) is 0 Å². The quantitative estimate of drug-likeness (QED) is 0.0222. The van der Waals surface area contributed by atoms with Crippen LogP contribution in [0.1, 0.15) is 401 Å². The Bertz CT molecular complexity index is 1860. The van der Waals surface area contributed by atoms with Gasteiger partial charge in [-0.2, -0.15) is 0 Å². The molecule has 17 nitrogen and oxygen atoms in total. The van der Waals surface area contributed by atoms with Gasteiger partial charge >= 0.3 is 39.5 Å². The SMILES string of the molecule is CCCCCCCCCCCCCCCCCCCCCC(=O)O[C@H](COC(=O)CCCCCCCCCCCCCCCCC(C)C)COP(=O)(O)OC[C@@H](O)COP(=O)(O)OC[C@@H](COC(=O)CCCCCCCCCCC)OC(=O)CCCCCCCCCCC(C)C. The Morgan fingerprint density at radius 1 is 0.281 bits per heavy atom. The Hall–Kier alpha value is -1.94. The number of rotatable bonds is 76. The van der Waals surface area contributed by atoms with Gasteiger partial charge in [0, 0.05) is 25.7 Å². The van der Waals surface area contributed by atoms with Crippen molar-refractivity contribution in [1.82, 2.24) is 0 Å². The summed E-state index contributed by atoms with van der Waals surface area (Å²) in [6, 6.07) is 0. The third kappa shape index (κ3) is 70.5. The lowest BCUT2D eigenvalue weighted by molar-refractivity contribution is -0.161. The second-order valence-electron chi connectivity index (χ2n) is 28.7. The van der Waals surface area contributed by atoms with Crippen molar-refractivity contribution in [2.75, 3.05) is 39.6 Å². The zero-order valence-electron chi connectivity index (χ0n) is 62.7. The molecular formula is C77H150O17P2. The van der Waals surface area contributed by atoms with E-state index in [1.807, 2.05) is 0 Å². The van der Waals surface area contributed by atoms with E-state index in [0.717, 1.165) is 102 Å². The molecule has 0 amide bonds. The molecule has 96 heavy (non-hydrogen) atoms. The number of phosphoric ester groups is 2. The van der Waals surface area contributed by atoms with E-state index < -0.39 is 97.5 Å². The molecule has 0 spiro atoms. The van der Waals surface area contributed by atoms with Crippen LogP contribution in [0.3, 0.4) is 0 Å². The molecule has 570 valence electrons. The number of esters is 4. The van der Waals surface area contributed by atoms with Crippen LogP contribution >= 0.6 is 15.6 Å². The van der Waals surface area contributed by atoms with Gasteiger partial charge in [-0.15, -0.1) is 0 Å². The van der Waals surface area contributed by atoms with Crippen molar-refractivity contribution in [3.63, 3.8) is 0 Å². The number of hydrogen-bond donors (Lipinski definition) is 3. The number of phosphoric acid groups is 2. The summed E-state index contributed by atoms with van der Waals surface area (Å²) < 4.78 is 68.5. The minimum atomic E-state index is -4.96. The van der Waals surface area contributed by atoms with Gasteiger partial charge < -0.3 is 33.8 Å². The highest BCUT2D eigenvalue weighted by molar-refractivity contribution is 7.47. The largest absolute Gasteiger partial charge is 0.472 e. The molecule has 0 aromatic carbocycles. The molecule has 0 fully saturated rings. The molecule has 0 aliphatic rings. The average molecular weight is 1410 g/mol. The summed E-state index contributed by atoms with van der Waals surface area (Å²) in [7, 11) is -9.91. The second-order valence-corrected chi connectivity index (χ2v) is 31.6. The van der Waals surface area contributed by atoms with Crippen molar-refractivity contribution in [2.45, 2.75) is 419 Å². The van der Waals surface area contributed by atoms with Gasteiger partial charge in [-0.3, -0.25) is 37.3 Å². The third-order valence-corrected chi connectivity index (χ3v) is 19.9. The van der Waals surface area contributed by atoms with Crippen molar-refractivity contribution in [3.8, 4) is 0 Å². The van der Waals surface area contributed by atoms with Crippen molar-refractivity contribution in [1.29, 1.82) is 0 Å². The number of ether oxygens (including phenoxy) is 4. The van der Waals surface area contributed by atoms with Crippen LogP contribution in [-0.2, 0) is 65.4 Å². The van der Waals surface area contributed by atoms with Gasteiger partial charge in [0.15, 0.2) is 12.2 Å². The molecule has 3 N–H and O–H groups in total. The molecule has 2 unspecified atom stereocenters. The predicted molar refractivity (Wildman–Crippen MR) is 391 cm³/mol. The van der Waals surface area contributed by atoms with E-state index in [-0.39, 0.29) is 25.7 Å². The standard InChI is InChI=1S/C77H150O17P2/c1-7-9-11-13-15-17-18-19-20-21-22-23-24-29-32-36-43-49-55-61-76(81)93-72(66-88-75(80)60-54-48-42-35-31-28-26-25-27-30-34-39-45-51-57-69(3)4)67-91-95(83,84)89-63-71(78)64-90-96(85,86)92-68-73(65-87-74(79)59-53-47-41-33-16-14-12-10-8-2)94-77(82)62-56-50-44-38-37-40-46-52-58-70(5)6/h69-73,78H,7-68H2,1-6H3,(H,83,84)(H,85,86)/t71-,72-,73-/m1/s1. The fourth-order valence-corrected chi connectivity index (χ4v) is 13.4. The highest BCUT2D eigenvalue weighted by Crippen LogP contribution is 2.45. The summed E-state index contributed by atoms with van der Waals surface area (Å²) in [6.45, 7) is 9.57. The van der Waals surface area contributed by atoms with E-state index in [1.165, 1.54) is 218 Å². The number of carbonyl (C=O) groups is 4. The van der Waals surface area contributed by atoms with Gasteiger partial charge in [0.05, 0.1) is 26.4 Å². The Balaban J connectivity index is 5.21. The van der Waals surface area contributed by atoms with E-state index in [2.05, 4.69) is 41.5 Å². The molecule has 0 saturated heterocycles. The molecule has 0 rings (SSSR count). The highest BCUT2D eigenvalue weighted by atomic mass is 31.2. The van der Waals surface area contributed by atoms with Crippen LogP contribution < -0.4 is 0 Å². The van der Waals surface area contributed by atoms with Crippen molar-refractivity contribution in [3.05, 3.63) is 0 Å². The Kier molecular flexibility index (Phi) is 67.4. The molecule has 0 bridgehead atoms. The molecule has 0 aromatic rings. The lowest BCUT2D eigenvalue weighted by atomic mass is 10.0. The van der Waals surface area contributed by atoms with Gasteiger partial charge in [-0.25, -0.2) is 9.13 Å². The Morgan fingerprint density at radius 3 is 0.708 bits per heavy atom. The summed E-state index contributed by atoms with van der Waals surface area (Å²) in [5.74, 6) is -0.599. The first-order valence-corrected chi connectivity index (χ1v) is 43.0. The maximum absolute atomic E-state index is 13.1. The molecular weight excluding hydrogens is 1260 g/mol. The molecule has 19 heteroatoms. The lowest BCUT2D eigenvalue weighted by Gasteiger charge is -2.21. The maximum atomic E-state index is 13.1. The van der Waals surface area contributed by atoms with E-state index in [9.17, 15) is 43.2 Å². The minimum absolute atomic E-state index is 0.105. The highest BCUT2D eigenvalue weighted by Gasteiger charge is 2.30. The summed E-state index contributed by atoms with van der Waals surface area (Å²) in [5.41, 5.74) is 0. The fraction of sp³-hybridized carbons (Fsp3) is 0.948. The molecule has 0 heterocycles. The number of aliphatic hydroxyl groups is 1. The average Bonchev–Trinajstić information content (AvgIpc) is 1.35. The predicted octanol–water partition coefficient (Wildman–Crippen LogP) is 22.7. The van der Waals surface area contributed by atoms with E-state index in [1.54, 1.807) is 0 Å². The zero-order valence-corrected chi connectivity index (χ0v) is 64.5. The summed E-state index contributed by atoms with van der Waals surface area (Å²) in [4.78, 5) is 72.8. The van der Waals surface area contributed by atoms with Gasteiger partial charge in [-0.1, -0.05) is 350 Å². The summed E-state index contributed by atoms with van der Waals surface area (Å²) in [6.07, 6.45) is 57.0. The lowest BCUT2D eigenvalue weighted by Crippen LogP contribution is -2.30. The van der Waals surface area contributed by atoms with Crippen molar-refractivity contribution < 1.29 is 80.2 Å². The first-order valence-electron chi connectivity index (χ1n) is 40.0. The van der Waals surface area contributed by atoms with Crippen LogP contribution in [0.15, 0.2) is 0 Å². The van der Waals surface area contributed by atoms with Crippen LogP contribution in [-0.4, -0.2) is 96.7 Å². The normalized spacial score (nSPS) is 14.0. The maximum Gasteiger partial charge on any atom is 0.472 e. The molecule has 0 aliphatic heterocycles. The van der Waals surface area contributed by atoms with Gasteiger partial charge in [-0.05, 0) is 37.5 Å². The topological polar surface area (TPSA) is 237 Å². The molecule has 0 radical (unpaired) electrons. The van der Waals surface area contributed by atoms with Crippen LogP contribution in [0.4, 0.5) is 0 Å². The van der Waals surface area contributed by atoms with E-state index in [0.29, 0.717) is 25.7 Å². The van der Waals surface area contributed by atoms with Gasteiger partial charge in [0.2, 0.25) is 0 Å². The first-order chi connectivity index (χ1) is 46.4. The van der Waals surface area contributed by atoms with Gasteiger partial charge in [0.1, 0.15) is 19.3 Å². The number of unbranched alkanes of at least 4 members (excludes halogenated alkanes) is 46.